The van der Waals surface area contributed by atoms with E-state index in [9.17, 15) is 0 Å². The molecule has 15 heavy (non-hydrogen) atoms. The summed E-state index contributed by atoms with van der Waals surface area (Å²) in [5.41, 5.74) is 1.18. The molecule has 1 heterocycles. The van der Waals surface area contributed by atoms with Gasteiger partial charge in [0.05, 0.1) is 6.26 Å². The maximum Gasteiger partial charge on any atom is 0.193 e. The van der Waals surface area contributed by atoms with Gasteiger partial charge in [-0.2, -0.15) is 0 Å². The van der Waals surface area contributed by atoms with Crippen LogP contribution < -0.4 is 4.74 Å². The molecule has 0 N–H and O–H groups in total. The number of hydrogen-bond acceptors (Lipinski definition) is 2. The van der Waals surface area contributed by atoms with Crippen LogP contribution in [0.1, 0.15) is 5.69 Å². The molecule has 3 heteroatoms. The predicted octanol–water partition coefficient (Wildman–Crippen LogP) is 2.29. The van der Waals surface area contributed by atoms with E-state index in [1.54, 1.807) is 0 Å². The standard InChI is InChI=1S/C12H17NO2/c1-4-6-11-7-8-12(13(11)3)15-10-9-14-5-2/h4-5,7-8H,1-2,6,9-10H2,3H3. The Morgan fingerprint density at radius 2 is 2.13 bits per heavy atom. The van der Waals surface area contributed by atoms with E-state index in [1.165, 1.54) is 12.0 Å². The molecule has 0 fully saturated rings. The molecule has 0 bridgehead atoms. The third kappa shape index (κ3) is 3.20. The first-order valence-electron chi connectivity index (χ1n) is 4.90. The van der Waals surface area contributed by atoms with Gasteiger partial charge in [-0.1, -0.05) is 12.7 Å². The van der Waals surface area contributed by atoms with Crippen LogP contribution in [0.25, 0.3) is 0 Å². The van der Waals surface area contributed by atoms with Gasteiger partial charge < -0.3 is 14.0 Å². The first-order chi connectivity index (χ1) is 7.29. The maximum atomic E-state index is 5.52. The van der Waals surface area contributed by atoms with Crippen LogP contribution in [0.4, 0.5) is 0 Å². The number of nitrogens with zero attached hydrogens (tertiary/aromatic N) is 1. The molecule has 0 spiro atoms. The molecule has 0 aliphatic heterocycles. The van der Waals surface area contributed by atoms with Crippen LogP contribution in [-0.4, -0.2) is 17.8 Å². The van der Waals surface area contributed by atoms with Gasteiger partial charge in [-0.15, -0.1) is 6.58 Å². The molecule has 0 atom stereocenters. The molecule has 82 valence electrons. The second kappa shape index (κ2) is 5.96. The van der Waals surface area contributed by atoms with Crippen molar-refractivity contribution in [3.63, 3.8) is 0 Å². The van der Waals surface area contributed by atoms with E-state index >= 15 is 0 Å². The van der Waals surface area contributed by atoms with Gasteiger partial charge in [-0.25, -0.2) is 0 Å². The van der Waals surface area contributed by atoms with Crippen LogP contribution >= 0.6 is 0 Å². The fraction of sp³-hybridized carbons (Fsp3) is 0.333. The highest BCUT2D eigenvalue weighted by Gasteiger charge is 2.03. The molecule has 0 saturated carbocycles. The van der Waals surface area contributed by atoms with Gasteiger partial charge >= 0.3 is 0 Å². The lowest BCUT2D eigenvalue weighted by Crippen LogP contribution is -2.07. The minimum atomic E-state index is 0.519. The zero-order valence-corrected chi connectivity index (χ0v) is 9.11. The Morgan fingerprint density at radius 3 is 2.80 bits per heavy atom. The van der Waals surface area contributed by atoms with Crippen molar-refractivity contribution in [3.8, 4) is 5.88 Å². The quantitative estimate of drug-likeness (QED) is 0.389. The lowest BCUT2D eigenvalue weighted by atomic mass is 10.3. The summed E-state index contributed by atoms with van der Waals surface area (Å²) < 4.78 is 12.5. The average Bonchev–Trinajstić information content (AvgIpc) is 2.57. The molecule has 0 saturated heterocycles. The minimum absolute atomic E-state index is 0.519. The molecule has 3 nitrogen and oxygen atoms in total. The largest absolute Gasteiger partial charge is 0.498 e. The SMILES string of the molecule is C=CCc1ccc(OCCOC=C)n1C. The van der Waals surface area contributed by atoms with E-state index in [0.29, 0.717) is 13.2 Å². The third-order valence-corrected chi connectivity index (χ3v) is 2.10. The van der Waals surface area contributed by atoms with Crippen molar-refractivity contribution in [2.24, 2.45) is 7.05 Å². The molecule has 0 aliphatic rings. The monoisotopic (exact) mass is 207 g/mol. The molecule has 1 aromatic heterocycles. The first-order valence-corrected chi connectivity index (χ1v) is 4.90. The molecular weight excluding hydrogens is 190 g/mol. The summed E-state index contributed by atoms with van der Waals surface area (Å²) in [5.74, 6) is 0.847. The summed E-state index contributed by atoms with van der Waals surface area (Å²) in [7, 11) is 1.97. The van der Waals surface area contributed by atoms with Gasteiger partial charge in [-0.3, -0.25) is 0 Å². The number of allylic oxidation sites excluding steroid dienone is 1. The Balaban J connectivity index is 2.47. The van der Waals surface area contributed by atoms with Gasteiger partial charge in [0.2, 0.25) is 0 Å². The maximum absolute atomic E-state index is 5.52. The minimum Gasteiger partial charge on any atom is -0.498 e. The fourth-order valence-electron chi connectivity index (χ4n) is 1.31. The normalized spacial score (nSPS) is 9.67. The molecule has 0 unspecified atom stereocenters. The highest BCUT2D eigenvalue weighted by Crippen LogP contribution is 2.15. The van der Waals surface area contributed by atoms with Crippen molar-refractivity contribution < 1.29 is 9.47 Å². The number of aromatic nitrogens is 1. The number of hydrogen-bond donors (Lipinski definition) is 0. The Kier molecular flexibility index (Phi) is 4.54. The van der Waals surface area contributed by atoms with E-state index in [2.05, 4.69) is 13.2 Å². The number of rotatable bonds is 7. The fourth-order valence-corrected chi connectivity index (χ4v) is 1.31. The number of ether oxygens (including phenoxy) is 2. The molecule has 0 aromatic carbocycles. The molecule has 0 amide bonds. The first kappa shape index (κ1) is 11.4. The second-order valence-electron chi connectivity index (χ2n) is 3.10. The second-order valence-corrected chi connectivity index (χ2v) is 3.10. The van der Waals surface area contributed by atoms with E-state index in [1.807, 2.05) is 29.8 Å². The Hall–Kier alpha value is -1.64. The van der Waals surface area contributed by atoms with Crippen molar-refractivity contribution >= 4 is 0 Å². The molecule has 0 radical (unpaired) electrons. The van der Waals surface area contributed by atoms with Crippen LogP contribution in [0.15, 0.2) is 37.6 Å². The summed E-state index contributed by atoms with van der Waals surface area (Å²) in [4.78, 5) is 0. The van der Waals surface area contributed by atoms with Crippen LogP contribution in [-0.2, 0) is 18.2 Å². The molecular formula is C12H17NO2. The zero-order valence-electron chi connectivity index (χ0n) is 9.11. The zero-order chi connectivity index (χ0) is 11.1. The van der Waals surface area contributed by atoms with E-state index < -0.39 is 0 Å². The molecule has 1 aromatic rings. The van der Waals surface area contributed by atoms with Gasteiger partial charge in [0.15, 0.2) is 5.88 Å². The van der Waals surface area contributed by atoms with Gasteiger partial charge in [0, 0.05) is 25.2 Å². The van der Waals surface area contributed by atoms with E-state index in [4.69, 9.17) is 9.47 Å². The van der Waals surface area contributed by atoms with Crippen LogP contribution in [0.3, 0.4) is 0 Å². The van der Waals surface area contributed by atoms with Crippen LogP contribution in [0, 0.1) is 0 Å². The Bertz CT molecular complexity index is 328. The van der Waals surface area contributed by atoms with Crippen molar-refractivity contribution in [2.75, 3.05) is 13.2 Å². The van der Waals surface area contributed by atoms with E-state index in [-0.39, 0.29) is 0 Å². The highest BCUT2D eigenvalue weighted by molar-refractivity contribution is 5.22. The Labute approximate surface area is 90.6 Å². The summed E-state index contributed by atoms with van der Waals surface area (Å²) in [5, 5.41) is 0. The topological polar surface area (TPSA) is 23.4 Å². The molecule has 1 rings (SSSR count). The summed E-state index contributed by atoms with van der Waals surface area (Å²) >= 11 is 0. The average molecular weight is 207 g/mol. The van der Waals surface area contributed by atoms with Crippen LogP contribution in [0.5, 0.6) is 5.88 Å². The Morgan fingerprint density at radius 1 is 1.33 bits per heavy atom. The summed E-state index contributed by atoms with van der Waals surface area (Å²) in [6, 6.07) is 3.98. The molecule has 0 aliphatic carbocycles. The van der Waals surface area contributed by atoms with Gasteiger partial charge in [0.25, 0.3) is 0 Å². The predicted molar refractivity (Wildman–Crippen MR) is 61.0 cm³/mol. The summed E-state index contributed by atoms with van der Waals surface area (Å²) in [6.45, 7) is 8.21. The van der Waals surface area contributed by atoms with Gasteiger partial charge in [0.1, 0.15) is 13.2 Å². The lowest BCUT2D eigenvalue weighted by Gasteiger charge is -2.08. The van der Waals surface area contributed by atoms with E-state index in [0.717, 1.165) is 12.3 Å². The third-order valence-electron chi connectivity index (χ3n) is 2.10. The highest BCUT2D eigenvalue weighted by atomic mass is 16.5. The van der Waals surface area contributed by atoms with Crippen molar-refractivity contribution in [2.45, 2.75) is 6.42 Å². The lowest BCUT2D eigenvalue weighted by molar-refractivity contribution is 0.173. The van der Waals surface area contributed by atoms with Gasteiger partial charge in [-0.05, 0) is 6.07 Å². The van der Waals surface area contributed by atoms with Crippen molar-refractivity contribution in [1.29, 1.82) is 0 Å². The van der Waals surface area contributed by atoms with Crippen molar-refractivity contribution in [3.05, 3.63) is 43.3 Å². The smallest absolute Gasteiger partial charge is 0.193 e. The summed E-state index contributed by atoms with van der Waals surface area (Å²) in [6.07, 6.45) is 4.14. The van der Waals surface area contributed by atoms with Crippen molar-refractivity contribution in [1.82, 2.24) is 4.57 Å². The van der Waals surface area contributed by atoms with Crippen LogP contribution in [0.2, 0.25) is 0 Å².